The van der Waals surface area contributed by atoms with E-state index in [1.807, 2.05) is 0 Å². The van der Waals surface area contributed by atoms with Crippen molar-refractivity contribution in [3.8, 4) is 0 Å². The Morgan fingerprint density at radius 3 is 2.80 bits per heavy atom. The van der Waals surface area contributed by atoms with Crippen molar-refractivity contribution in [1.29, 1.82) is 0 Å². The number of alkyl halides is 3. The number of likely N-dealkylation sites (tertiary alicyclic amines) is 1. The summed E-state index contributed by atoms with van der Waals surface area (Å²) >= 11 is 0. The lowest BCUT2D eigenvalue weighted by molar-refractivity contribution is -0.149. The minimum atomic E-state index is -4.33. The average molecular weight is 431 g/mol. The maximum Gasteiger partial charge on any atom is 0.389 e. The van der Waals surface area contributed by atoms with Crippen LogP contribution in [0.4, 0.5) is 13.2 Å². The number of carbonyl (C=O) groups is 3. The molecule has 4 heterocycles. The number of fused-ring (bicyclic) bond motifs is 1. The summed E-state index contributed by atoms with van der Waals surface area (Å²) in [6.45, 7) is 0.932. The predicted octanol–water partition coefficient (Wildman–Crippen LogP) is 1.79. The number of aromatic nitrogens is 1. The van der Waals surface area contributed by atoms with Crippen LogP contribution >= 0.6 is 0 Å². The van der Waals surface area contributed by atoms with E-state index < -0.39 is 30.5 Å². The third-order valence-electron chi connectivity index (χ3n) is 6.10. The van der Waals surface area contributed by atoms with E-state index in [1.165, 1.54) is 4.90 Å². The minimum Gasteiger partial charge on any atom is -0.483 e. The molecular formula is C19H24F3N3O5. The van der Waals surface area contributed by atoms with Gasteiger partial charge in [-0.05, 0) is 25.0 Å². The molecule has 166 valence electrons. The quantitative estimate of drug-likeness (QED) is 0.616. The van der Waals surface area contributed by atoms with Crippen LogP contribution in [0.15, 0.2) is 18.3 Å². The molecule has 1 aromatic rings. The van der Waals surface area contributed by atoms with Gasteiger partial charge in [0.2, 0.25) is 5.91 Å². The first kappa shape index (κ1) is 22.1. The van der Waals surface area contributed by atoms with Crippen LogP contribution in [0.1, 0.15) is 36.2 Å². The van der Waals surface area contributed by atoms with Crippen molar-refractivity contribution in [2.45, 2.75) is 43.6 Å². The fourth-order valence-corrected chi connectivity index (χ4v) is 4.84. The number of aromatic amines is 1. The Morgan fingerprint density at radius 1 is 1.43 bits per heavy atom. The number of H-pyrrole nitrogens is 1. The van der Waals surface area contributed by atoms with Gasteiger partial charge in [-0.3, -0.25) is 14.4 Å². The summed E-state index contributed by atoms with van der Waals surface area (Å²) in [6, 6.07) is 3.43. The second-order valence-corrected chi connectivity index (χ2v) is 7.82. The maximum atomic E-state index is 12.4. The van der Waals surface area contributed by atoms with Gasteiger partial charge in [0, 0.05) is 37.5 Å². The second-order valence-electron chi connectivity index (χ2n) is 7.82. The fraction of sp³-hybridized carbons (Fsp3) is 0.632. The van der Waals surface area contributed by atoms with Crippen molar-refractivity contribution >= 4 is 18.3 Å². The number of carbonyl (C=O) groups excluding carboxylic acids is 2. The first-order valence-corrected chi connectivity index (χ1v) is 9.71. The van der Waals surface area contributed by atoms with Gasteiger partial charge < -0.3 is 25.0 Å². The van der Waals surface area contributed by atoms with Crippen LogP contribution in [0.5, 0.6) is 0 Å². The summed E-state index contributed by atoms with van der Waals surface area (Å²) in [5.41, 5.74) is 0.0181. The number of amides is 2. The predicted molar refractivity (Wildman–Crippen MR) is 97.5 cm³/mol. The highest BCUT2D eigenvalue weighted by atomic mass is 19.4. The van der Waals surface area contributed by atoms with Crippen molar-refractivity contribution in [3.05, 3.63) is 24.0 Å². The van der Waals surface area contributed by atoms with Gasteiger partial charge >= 0.3 is 6.18 Å². The van der Waals surface area contributed by atoms with E-state index in [4.69, 9.17) is 14.6 Å². The lowest BCUT2D eigenvalue weighted by Crippen LogP contribution is -2.42. The van der Waals surface area contributed by atoms with Crippen molar-refractivity contribution < 1.29 is 37.4 Å². The van der Waals surface area contributed by atoms with Gasteiger partial charge in [0.1, 0.15) is 5.69 Å². The summed E-state index contributed by atoms with van der Waals surface area (Å²) in [4.78, 5) is 37.1. The number of nitrogens with one attached hydrogen (secondary N) is 2. The molecule has 3 saturated heterocycles. The van der Waals surface area contributed by atoms with Crippen molar-refractivity contribution in [2.75, 3.05) is 19.6 Å². The number of rotatable bonds is 5. The van der Waals surface area contributed by atoms with Crippen molar-refractivity contribution in [3.63, 3.8) is 0 Å². The molecule has 1 aromatic heterocycles. The summed E-state index contributed by atoms with van der Waals surface area (Å²) in [7, 11) is 0. The topological polar surface area (TPSA) is 112 Å². The Labute approximate surface area is 170 Å². The summed E-state index contributed by atoms with van der Waals surface area (Å²) in [6.07, 6.45) is -2.58. The van der Waals surface area contributed by atoms with Crippen LogP contribution in [-0.2, 0) is 14.3 Å². The molecule has 0 unspecified atom stereocenters. The van der Waals surface area contributed by atoms with Gasteiger partial charge in [-0.25, -0.2) is 0 Å². The zero-order chi connectivity index (χ0) is 21.9. The molecule has 0 aromatic carbocycles. The van der Waals surface area contributed by atoms with Crippen molar-refractivity contribution in [1.82, 2.24) is 15.2 Å². The highest BCUT2D eigenvalue weighted by Crippen LogP contribution is 2.54. The highest BCUT2D eigenvalue weighted by molar-refractivity contribution is 5.92. The van der Waals surface area contributed by atoms with E-state index in [1.54, 1.807) is 18.3 Å². The normalized spacial score (nSPS) is 29.2. The molecule has 0 saturated carbocycles. The molecule has 8 nitrogen and oxygen atoms in total. The first-order valence-electron chi connectivity index (χ1n) is 9.71. The second kappa shape index (κ2) is 8.66. The average Bonchev–Trinajstić information content (AvgIpc) is 3.44. The molecular weight excluding hydrogens is 407 g/mol. The SMILES string of the molecule is O=C(NC[C@H]1[C@H]2CN(C(=O)CCC(F)(F)F)C[C@]23CC[C@H]1O3)c1ccc[nH]1.O=CO. The van der Waals surface area contributed by atoms with Crippen LogP contribution in [-0.4, -0.2) is 70.8 Å². The number of ether oxygens (including phenoxy) is 1. The van der Waals surface area contributed by atoms with E-state index in [0.29, 0.717) is 25.3 Å². The molecule has 1 spiro atoms. The van der Waals surface area contributed by atoms with Crippen LogP contribution in [0.2, 0.25) is 0 Å². The molecule has 11 heteroatoms. The minimum absolute atomic E-state index is 0.0337. The van der Waals surface area contributed by atoms with E-state index in [2.05, 4.69) is 10.3 Å². The molecule has 3 aliphatic rings. The Bertz CT molecular complexity index is 770. The van der Waals surface area contributed by atoms with E-state index in [9.17, 15) is 22.8 Å². The first-order chi connectivity index (χ1) is 14.2. The fourth-order valence-electron chi connectivity index (χ4n) is 4.84. The number of carboxylic acid groups (broad SMARTS) is 1. The summed E-state index contributed by atoms with van der Waals surface area (Å²) < 4.78 is 43.4. The monoisotopic (exact) mass is 431 g/mol. The number of halogens is 3. The molecule has 3 fully saturated rings. The van der Waals surface area contributed by atoms with Crippen LogP contribution < -0.4 is 5.32 Å². The van der Waals surface area contributed by atoms with Gasteiger partial charge in [-0.2, -0.15) is 13.2 Å². The van der Waals surface area contributed by atoms with E-state index in [-0.39, 0.29) is 30.3 Å². The molecule has 30 heavy (non-hydrogen) atoms. The standard InChI is InChI=1S/C18H22F3N3O3.CH2O2/c19-18(20,21)6-4-15(25)24-9-12-11(14-3-5-17(12,10-24)27-14)8-23-16(26)13-2-1-7-22-13;2-1-3/h1-2,7,11-12,14,22H,3-6,8-10H2,(H,23,26);1H,(H,2,3)/t11-,12+,14+,17+;/m0./s1. The number of hydrogen-bond acceptors (Lipinski definition) is 4. The van der Waals surface area contributed by atoms with E-state index >= 15 is 0 Å². The molecule has 2 amide bonds. The maximum absolute atomic E-state index is 12.4. The van der Waals surface area contributed by atoms with Gasteiger partial charge in [-0.1, -0.05) is 0 Å². The Morgan fingerprint density at radius 2 is 2.17 bits per heavy atom. The van der Waals surface area contributed by atoms with Gasteiger partial charge in [0.15, 0.2) is 0 Å². The third kappa shape index (κ3) is 4.61. The zero-order valence-corrected chi connectivity index (χ0v) is 16.2. The van der Waals surface area contributed by atoms with Crippen molar-refractivity contribution in [2.24, 2.45) is 11.8 Å². The Hall–Kier alpha value is -2.56. The number of hydrogen-bond donors (Lipinski definition) is 3. The molecule has 0 aliphatic carbocycles. The molecule has 4 rings (SSSR count). The molecule has 3 N–H and O–H groups in total. The summed E-state index contributed by atoms with van der Waals surface area (Å²) in [5, 5.41) is 9.80. The smallest absolute Gasteiger partial charge is 0.389 e. The van der Waals surface area contributed by atoms with Gasteiger partial charge in [0.05, 0.1) is 24.7 Å². The molecule has 2 bridgehead atoms. The molecule has 0 radical (unpaired) electrons. The largest absolute Gasteiger partial charge is 0.483 e. The van der Waals surface area contributed by atoms with Crippen LogP contribution in [0.25, 0.3) is 0 Å². The Balaban J connectivity index is 0.000000806. The zero-order valence-electron chi connectivity index (χ0n) is 16.2. The number of nitrogens with zero attached hydrogens (tertiary/aromatic N) is 1. The lowest BCUT2D eigenvalue weighted by Gasteiger charge is -2.29. The van der Waals surface area contributed by atoms with Gasteiger partial charge in [0.25, 0.3) is 12.4 Å². The van der Waals surface area contributed by atoms with E-state index in [0.717, 1.165) is 12.8 Å². The van der Waals surface area contributed by atoms with Crippen LogP contribution in [0, 0.1) is 11.8 Å². The molecule has 4 atom stereocenters. The summed E-state index contributed by atoms with van der Waals surface area (Å²) in [5.74, 6) is -0.557. The highest BCUT2D eigenvalue weighted by Gasteiger charge is 2.63. The third-order valence-corrected chi connectivity index (χ3v) is 6.10. The van der Waals surface area contributed by atoms with Crippen LogP contribution in [0.3, 0.4) is 0 Å². The lowest BCUT2D eigenvalue weighted by atomic mass is 9.73. The molecule has 3 aliphatic heterocycles. The Kier molecular flexibility index (Phi) is 6.39. The van der Waals surface area contributed by atoms with Gasteiger partial charge in [-0.15, -0.1) is 0 Å².